The zero-order chi connectivity index (χ0) is 15.7. The van der Waals surface area contributed by atoms with Crippen molar-refractivity contribution in [1.29, 1.82) is 0 Å². The van der Waals surface area contributed by atoms with Crippen LogP contribution in [-0.4, -0.2) is 10.2 Å². The number of benzene rings is 2. The van der Waals surface area contributed by atoms with Gasteiger partial charge < -0.3 is 0 Å². The summed E-state index contributed by atoms with van der Waals surface area (Å²) in [4.78, 5) is 14.7. The summed E-state index contributed by atoms with van der Waals surface area (Å²) in [6.45, 7) is 0. The Kier molecular flexibility index (Phi) is 4.68. The number of thioether (sulfide) groups is 1. The molecule has 6 heteroatoms. The lowest BCUT2D eigenvalue weighted by Gasteiger charge is -2.14. The van der Waals surface area contributed by atoms with Crippen LogP contribution in [0.2, 0.25) is 5.02 Å². The molecule has 1 saturated heterocycles. The maximum atomic E-state index is 12.6. The number of hydrogen-bond acceptors (Lipinski definition) is 3. The monoisotopic (exact) mass is 409 g/mol. The number of nitrogens with zero attached hydrogens (tertiary/aromatic N) is 1. The molecule has 1 aliphatic heterocycles. The van der Waals surface area contributed by atoms with Gasteiger partial charge in [0.25, 0.3) is 5.91 Å². The molecule has 0 radical (unpaired) electrons. The molecule has 2 nitrogen and oxygen atoms in total. The standard InChI is InChI=1S/C16H9BrClNOS2/c17-13-7-2-1-4-10(13)8-14-15(20)19(16(21)22-14)12-6-3-5-11(18)9-12/h1-9H/b14-8+. The molecular weight excluding hydrogens is 402 g/mol. The molecule has 0 aliphatic carbocycles. The molecule has 22 heavy (non-hydrogen) atoms. The average Bonchev–Trinajstić information content (AvgIpc) is 2.76. The minimum absolute atomic E-state index is 0.131. The third kappa shape index (κ3) is 3.13. The van der Waals surface area contributed by atoms with Crippen molar-refractivity contribution in [3.8, 4) is 0 Å². The van der Waals surface area contributed by atoms with E-state index in [1.165, 1.54) is 16.7 Å². The second-order valence-corrected chi connectivity index (χ2v) is 7.49. The van der Waals surface area contributed by atoms with E-state index < -0.39 is 0 Å². The first-order valence-corrected chi connectivity index (χ1v) is 8.74. The first-order valence-electron chi connectivity index (χ1n) is 6.34. The molecule has 0 N–H and O–H groups in total. The molecule has 0 bridgehead atoms. The largest absolute Gasteiger partial charge is 0.270 e. The summed E-state index contributed by atoms with van der Waals surface area (Å²) >= 11 is 16.1. The first-order chi connectivity index (χ1) is 10.6. The van der Waals surface area contributed by atoms with Crippen molar-refractivity contribution in [3.05, 3.63) is 68.5 Å². The molecule has 110 valence electrons. The Hall–Kier alpha value is -1.14. The predicted octanol–water partition coefficient (Wildman–Crippen LogP) is 5.51. The van der Waals surface area contributed by atoms with Crippen molar-refractivity contribution in [3.63, 3.8) is 0 Å². The second-order valence-electron chi connectivity index (χ2n) is 4.52. The molecule has 1 fully saturated rings. The predicted molar refractivity (Wildman–Crippen MR) is 101 cm³/mol. The molecule has 0 saturated carbocycles. The Labute approximate surface area is 151 Å². The van der Waals surface area contributed by atoms with Gasteiger partial charge in [-0.15, -0.1) is 0 Å². The van der Waals surface area contributed by atoms with Gasteiger partial charge in [-0.1, -0.05) is 75.8 Å². The molecule has 0 spiro atoms. The van der Waals surface area contributed by atoms with E-state index in [0.29, 0.717) is 19.9 Å². The van der Waals surface area contributed by atoms with Gasteiger partial charge in [-0.3, -0.25) is 9.69 Å². The lowest BCUT2D eigenvalue weighted by Crippen LogP contribution is -2.27. The van der Waals surface area contributed by atoms with Crippen molar-refractivity contribution in [2.45, 2.75) is 0 Å². The van der Waals surface area contributed by atoms with Crippen LogP contribution in [0, 0.1) is 0 Å². The first kappa shape index (κ1) is 15.7. The van der Waals surface area contributed by atoms with Crippen LogP contribution in [0.5, 0.6) is 0 Å². The molecule has 2 aromatic carbocycles. The maximum absolute atomic E-state index is 12.6. The van der Waals surface area contributed by atoms with Gasteiger partial charge in [-0.05, 0) is 35.9 Å². The number of rotatable bonds is 2. The number of hydrogen-bond donors (Lipinski definition) is 0. The highest BCUT2D eigenvalue weighted by molar-refractivity contribution is 9.10. The quantitative estimate of drug-likeness (QED) is 0.481. The zero-order valence-corrected chi connectivity index (χ0v) is 15.1. The Balaban J connectivity index is 1.97. The van der Waals surface area contributed by atoms with Crippen molar-refractivity contribution in [2.75, 3.05) is 4.90 Å². The molecule has 0 aromatic heterocycles. The smallest absolute Gasteiger partial charge is 0.268 e. The summed E-state index contributed by atoms with van der Waals surface area (Å²) in [5, 5.41) is 0.571. The lowest BCUT2D eigenvalue weighted by atomic mass is 10.2. The number of carbonyl (C=O) groups is 1. The fraction of sp³-hybridized carbons (Fsp3) is 0. The molecule has 1 aliphatic rings. The fourth-order valence-electron chi connectivity index (χ4n) is 2.04. The minimum atomic E-state index is -0.131. The van der Waals surface area contributed by atoms with Crippen molar-refractivity contribution in [1.82, 2.24) is 0 Å². The zero-order valence-electron chi connectivity index (χ0n) is 11.1. The lowest BCUT2D eigenvalue weighted by molar-refractivity contribution is -0.113. The van der Waals surface area contributed by atoms with Gasteiger partial charge in [0, 0.05) is 9.50 Å². The number of anilines is 1. The molecule has 1 heterocycles. The Morgan fingerprint density at radius 1 is 1.18 bits per heavy atom. The van der Waals surface area contributed by atoms with E-state index in [4.69, 9.17) is 23.8 Å². The molecular formula is C16H9BrClNOS2. The van der Waals surface area contributed by atoms with Gasteiger partial charge in [-0.25, -0.2) is 0 Å². The third-order valence-corrected chi connectivity index (χ3v) is 5.31. The van der Waals surface area contributed by atoms with Crippen LogP contribution in [0.15, 0.2) is 57.9 Å². The van der Waals surface area contributed by atoms with Crippen molar-refractivity contribution < 1.29 is 4.79 Å². The van der Waals surface area contributed by atoms with Crippen molar-refractivity contribution >= 4 is 73.5 Å². The van der Waals surface area contributed by atoms with E-state index in [2.05, 4.69) is 15.9 Å². The molecule has 0 atom stereocenters. The van der Waals surface area contributed by atoms with Gasteiger partial charge >= 0.3 is 0 Å². The van der Waals surface area contributed by atoms with E-state index in [1.54, 1.807) is 18.2 Å². The minimum Gasteiger partial charge on any atom is -0.268 e. The van der Waals surface area contributed by atoms with Crippen LogP contribution < -0.4 is 4.90 Å². The van der Waals surface area contributed by atoms with E-state index in [9.17, 15) is 4.79 Å². The van der Waals surface area contributed by atoms with Crippen molar-refractivity contribution in [2.24, 2.45) is 0 Å². The molecule has 0 unspecified atom stereocenters. The molecule has 1 amide bonds. The van der Waals surface area contributed by atoms with E-state index in [0.717, 1.165) is 10.0 Å². The van der Waals surface area contributed by atoms with Gasteiger partial charge in [0.15, 0.2) is 4.32 Å². The Morgan fingerprint density at radius 2 is 1.95 bits per heavy atom. The summed E-state index contributed by atoms with van der Waals surface area (Å²) < 4.78 is 1.44. The van der Waals surface area contributed by atoms with Gasteiger partial charge in [0.1, 0.15) is 0 Å². The Morgan fingerprint density at radius 3 is 2.68 bits per heavy atom. The van der Waals surface area contributed by atoms with Gasteiger partial charge in [0.05, 0.1) is 10.6 Å². The second kappa shape index (κ2) is 6.54. The van der Waals surface area contributed by atoms with E-state index in [-0.39, 0.29) is 5.91 Å². The summed E-state index contributed by atoms with van der Waals surface area (Å²) in [7, 11) is 0. The Bertz CT molecular complexity index is 806. The van der Waals surface area contributed by atoms with E-state index >= 15 is 0 Å². The van der Waals surface area contributed by atoms with E-state index in [1.807, 2.05) is 36.4 Å². The number of amides is 1. The summed E-state index contributed by atoms with van der Waals surface area (Å²) in [5.74, 6) is -0.131. The maximum Gasteiger partial charge on any atom is 0.270 e. The SMILES string of the molecule is O=C1/C(=C\c2ccccc2Br)SC(=S)N1c1cccc(Cl)c1. The van der Waals surface area contributed by atoms with Crippen LogP contribution >= 0.6 is 51.5 Å². The number of thiocarbonyl (C=S) groups is 1. The van der Waals surface area contributed by atoms with Crippen LogP contribution in [0.25, 0.3) is 6.08 Å². The normalized spacial score (nSPS) is 16.6. The highest BCUT2D eigenvalue weighted by Gasteiger charge is 2.33. The summed E-state index contributed by atoms with van der Waals surface area (Å²) in [6, 6.07) is 14.8. The van der Waals surface area contributed by atoms with Gasteiger partial charge in [-0.2, -0.15) is 0 Å². The highest BCUT2D eigenvalue weighted by Crippen LogP contribution is 2.37. The molecule has 3 rings (SSSR count). The highest BCUT2D eigenvalue weighted by atomic mass is 79.9. The topological polar surface area (TPSA) is 20.3 Å². The van der Waals surface area contributed by atoms with Crippen LogP contribution in [-0.2, 0) is 4.79 Å². The summed E-state index contributed by atoms with van der Waals surface area (Å²) in [6.07, 6.45) is 1.84. The van der Waals surface area contributed by atoms with Gasteiger partial charge in [0.2, 0.25) is 0 Å². The number of halogens is 2. The third-order valence-electron chi connectivity index (χ3n) is 3.05. The molecule has 2 aromatic rings. The number of carbonyl (C=O) groups excluding carboxylic acids is 1. The van der Waals surface area contributed by atoms with Crippen LogP contribution in [0.4, 0.5) is 5.69 Å². The summed E-state index contributed by atoms with van der Waals surface area (Å²) in [5.41, 5.74) is 1.62. The van der Waals surface area contributed by atoms with Crippen LogP contribution in [0.1, 0.15) is 5.56 Å². The van der Waals surface area contributed by atoms with Crippen LogP contribution in [0.3, 0.4) is 0 Å². The fourth-order valence-corrected chi connectivity index (χ4v) is 3.91. The average molecular weight is 411 g/mol.